The number of hydrogen-bond acceptors (Lipinski definition) is 4. The third-order valence-corrected chi connectivity index (χ3v) is 9.66. The predicted molar refractivity (Wildman–Crippen MR) is 93.4 cm³/mol. The zero-order valence-corrected chi connectivity index (χ0v) is 14.8. The van der Waals surface area contributed by atoms with Crippen molar-refractivity contribution in [3.8, 4) is 0 Å². The van der Waals surface area contributed by atoms with Crippen LogP contribution in [0.5, 0.6) is 0 Å². The van der Waals surface area contributed by atoms with Crippen LogP contribution in [0.25, 0.3) is 0 Å². The highest BCUT2D eigenvalue weighted by molar-refractivity contribution is 8.07. The lowest BCUT2D eigenvalue weighted by atomic mass is 9.60. The monoisotopic (exact) mass is 327 g/mol. The summed E-state index contributed by atoms with van der Waals surface area (Å²) in [7, 11) is 0. The van der Waals surface area contributed by atoms with Crippen molar-refractivity contribution in [1.82, 2.24) is 5.32 Å². The lowest BCUT2D eigenvalue weighted by molar-refractivity contribution is -0.132. The minimum atomic E-state index is 0.501. The third kappa shape index (κ3) is 2.58. The average molecular weight is 328 g/mol. The van der Waals surface area contributed by atoms with E-state index in [-0.39, 0.29) is 0 Å². The Hall–Kier alpha value is 0.620. The Bertz CT molecular complexity index is 372. The second-order valence-electron chi connectivity index (χ2n) is 7.27. The van der Waals surface area contributed by atoms with Gasteiger partial charge in [0.1, 0.15) is 0 Å². The summed E-state index contributed by atoms with van der Waals surface area (Å²) in [6.07, 6.45) is 10.3. The van der Waals surface area contributed by atoms with Crippen molar-refractivity contribution < 1.29 is 4.74 Å². The predicted octanol–water partition coefficient (Wildman–Crippen LogP) is 3.69. The summed E-state index contributed by atoms with van der Waals surface area (Å²) in [4.78, 5) is 0. The summed E-state index contributed by atoms with van der Waals surface area (Å²) in [6, 6.07) is 1.52. The standard InChI is InChI=1S/C17H29NOS2/c1-2-19-15-11-14(17(15)7-3-4-8-17)18-12-5-6-13-16(12)21-10-9-20-13/h12-16,18H,2-11H2,1H3/t12-,13+,14+,15-,16+/m1/s1. The molecule has 1 saturated heterocycles. The van der Waals surface area contributed by atoms with Crippen LogP contribution in [0.2, 0.25) is 0 Å². The molecule has 21 heavy (non-hydrogen) atoms. The molecule has 1 aliphatic heterocycles. The Morgan fingerprint density at radius 2 is 1.95 bits per heavy atom. The van der Waals surface area contributed by atoms with Crippen LogP contribution < -0.4 is 5.32 Å². The fourth-order valence-electron chi connectivity index (χ4n) is 5.27. The van der Waals surface area contributed by atoms with Gasteiger partial charge in [0.25, 0.3) is 0 Å². The SMILES string of the molecule is CCO[C@@H]1C[C@H](N[C@@H]2CC[C@@H]3SCCS[C@H]32)C12CCCC2. The molecule has 0 bridgehead atoms. The van der Waals surface area contributed by atoms with Crippen LogP contribution in [-0.4, -0.2) is 46.8 Å². The van der Waals surface area contributed by atoms with Gasteiger partial charge in [-0.2, -0.15) is 23.5 Å². The zero-order chi connectivity index (χ0) is 14.3. The van der Waals surface area contributed by atoms with Crippen molar-refractivity contribution in [2.45, 2.75) is 80.6 Å². The first kappa shape index (κ1) is 15.2. The molecule has 120 valence electrons. The van der Waals surface area contributed by atoms with E-state index in [9.17, 15) is 0 Å². The molecule has 3 saturated carbocycles. The van der Waals surface area contributed by atoms with Crippen LogP contribution in [0.4, 0.5) is 0 Å². The fourth-order valence-corrected chi connectivity index (χ4v) is 8.57. The number of rotatable bonds is 4. The smallest absolute Gasteiger partial charge is 0.0661 e. The first-order valence-corrected chi connectivity index (χ1v) is 11.0. The lowest BCUT2D eigenvalue weighted by Crippen LogP contribution is -2.65. The summed E-state index contributed by atoms with van der Waals surface area (Å²) in [6.45, 7) is 3.04. The molecule has 1 spiro atoms. The summed E-state index contributed by atoms with van der Waals surface area (Å²) in [5.41, 5.74) is 0.501. The number of ether oxygens (including phenoxy) is 1. The Kier molecular flexibility index (Phi) is 4.52. The molecule has 1 heterocycles. The molecular formula is C17H29NOS2. The third-order valence-electron chi connectivity index (χ3n) is 6.35. The molecule has 0 aromatic carbocycles. The Balaban J connectivity index is 1.40. The maximum Gasteiger partial charge on any atom is 0.0661 e. The zero-order valence-electron chi connectivity index (χ0n) is 13.2. The van der Waals surface area contributed by atoms with Crippen LogP contribution in [0, 0.1) is 5.41 Å². The first-order chi connectivity index (χ1) is 10.3. The molecule has 2 nitrogen and oxygen atoms in total. The fraction of sp³-hybridized carbons (Fsp3) is 1.00. The topological polar surface area (TPSA) is 21.3 Å². The van der Waals surface area contributed by atoms with Crippen molar-refractivity contribution in [2.24, 2.45) is 5.41 Å². The van der Waals surface area contributed by atoms with Gasteiger partial charge >= 0.3 is 0 Å². The quantitative estimate of drug-likeness (QED) is 0.850. The maximum absolute atomic E-state index is 6.07. The molecule has 5 atom stereocenters. The first-order valence-electron chi connectivity index (χ1n) is 8.94. The second-order valence-corrected chi connectivity index (χ2v) is 9.90. The van der Waals surface area contributed by atoms with Crippen LogP contribution in [0.3, 0.4) is 0 Å². The normalized spacial score (nSPS) is 44.7. The van der Waals surface area contributed by atoms with Crippen molar-refractivity contribution in [2.75, 3.05) is 18.1 Å². The molecule has 1 N–H and O–H groups in total. The molecule has 4 rings (SSSR count). The number of hydrogen-bond donors (Lipinski definition) is 1. The molecule has 4 aliphatic rings. The number of thioether (sulfide) groups is 2. The summed E-state index contributed by atoms with van der Waals surface area (Å²) in [5, 5.41) is 5.94. The van der Waals surface area contributed by atoms with Gasteiger partial charge < -0.3 is 10.1 Å². The minimum absolute atomic E-state index is 0.501. The average Bonchev–Trinajstić information content (AvgIpc) is 3.15. The molecule has 0 aromatic rings. The molecule has 3 aliphatic carbocycles. The van der Waals surface area contributed by atoms with Gasteiger partial charge in [-0.25, -0.2) is 0 Å². The van der Waals surface area contributed by atoms with E-state index in [1.165, 1.54) is 56.5 Å². The van der Waals surface area contributed by atoms with E-state index in [1.54, 1.807) is 0 Å². The van der Waals surface area contributed by atoms with Gasteiger partial charge in [-0.1, -0.05) is 12.8 Å². The van der Waals surface area contributed by atoms with Gasteiger partial charge in [-0.05, 0) is 39.0 Å². The molecule has 4 fully saturated rings. The van der Waals surface area contributed by atoms with Crippen molar-refractivity contribution in [1.29, 1.82) is 0 Å². The van der Waals surface area contributed by atoms with Crippen LogP contribution in [0.15, 0.2) is 0 Å². The Morgan fingerprint density at radius 3 is 2.76 bits per heavy atom. The summed E-state index contributed by atoms with van der Waals surface area (Å²) in [5.74, 6) is 2.74. The second kappa shape index (κ2) is 6.26. The lowest BCUT2D eigenvalue weighted by Gasteiger charge is -2.55. The van der Waals surface area contributed by atoms with Gasteiger partial charge in [0.15, 0.2) is 0 Å². The van der Waals surface area contributed by atoms with E-state index in [4.69, 9.17) is 4.74 Å². The van der Waals surface area contributed by atoms with Crippen LogP contribution in [-0.2, 0) is 4.74 Å². The highest BCUT2D eigenvalue weighted by Crippen LogP contribution is 2.55. The number of fused-ring (bicyclic) bond motifs is 1. The molecule has 0 amide bonds. The van der Waals surface area contributed by atoms with E-state index < -0.39 is 0 Å². The summed E-state index contributed by atoms with van der Waals surface area (Å²) < 4.78 is 6.07. The Morgan fingerprint density at radius 1 is 1.14 bits per heavy atom. The molecule has 0 radical (unpaired) electrons. The highest BCUT2D eigenvalue weighted by Gasteiger charge is 2.57. The summed E-state index contributed by atoms with van der Waals surface area (Å²) >= 11 is 4.48. The molecule has 4 heteroatoms. The van der Waals surface area contributed by atoms with Crippen molar-refractivity contribution >= 4 is 23.5 Å². The minimum Gasteiger partial charge on any atom is -0.378 e. The van der Waals surface area contributed by atoms with E-state index in [1.807, 2.05) is 0 Å². The van der Waals surface area contributed by atoms with Crippen LogP contribution in [0.1, 0.15) is 51.9 Å². The van der Waals surface area contributed by atoms with Crippen molar-refractivity contribution in [3.63, 3.8) is 0 Å². The van der Waals surface area contributed by atoms with Gasteiger partial charge in [-0.3, -0.25) is 0 Å². The van der Waals surface area contributed by atoms with Crippen LogP contribution >= 0.6 is 23.5 Å². The van der Waals surface area contributed by atoms with Crippen molar-refractivity contribution in [3.05, 3.63) is 0 Å². The van der Waals surface area contributed by atoms with Gasteiger partial charge in [-0.15, -0.1) is 0 Å². The van der Waals surface area contributed by atoms with E-state index in [0.717, 1.165) is 29.2 Å². The number of nitrogens with one attached hydrogen (secondary N) is 1. The highest BCUT2D eigenvalue weighted by atomic mass is 32.2. The van der Waals surface area contributed by atoms with Gasteiger partial charge in [0.2, 0.25) is 0 Å². The van der Waals surface area contributed by atoms with Gasteiger partial charge in [0.05, 0.1) is 6.10 Å². The van der Waals surface area contributed by atoms with E-state index >= 15 is 0 Å². The van der Waals surface area contributed by atoms with E-state index in [2.05, 4.69) is 35.8 Å². The Labute approximate surface area is 137 Å². The largest absolute Gasteiger partial charge is 0.378 e. The van der Waals surface area contributed by atoms with Gasteiger partial charge in [0, 0.05) is 46.1 Å². The van der Waals surface area contributed by atoms with E-state index in [0.29, 0.717) is 11.5 Å². The maximum atomic E-state index is 6.07. The molecular weight excluding hydrogens is 298 g/mol. The molecule has 0 unspecified atom stereocenters. The molecule has 0 aromatic heterocycles.